The molecule has 0 bridgehead atoms. The van der Waals surface area contributed by atoms with E-state index in [9.17, 15) is 0 Å². The molecule has 1 aliphatic carbocycles. The standard InChI is InChI=1S/C14H24BrN3/c1-4-11-14(15)13(18(6-3)17-11)9-12(16-5-2)10-7-8-10/h10,12,16H,4-9H2,1-3H3. The summed E-state index contributed by atoms with van der Waals surface area (Å²) in [4.78, 5) is 0. The number of hydrogen-bond donors (Lipinski definition) is 1. The number of hydrogen-bond acceptors (Lipinski definition) is 2. The molecular weight excluding hydrogens is 290 g/mol. The first-order chi connectivity index (χ1) is 8.71. The van der Waals surface area contributed by atoms with E-state index in [1.807, 2.05) is 0 Å². The first-order valence-corrected chi connectivity index (χ1v) is 7.97. The molecule has 102 valence electrons. The molecule has 2 rings (SSSR count). The summed E-state index contributed by atoms with van der Waals surface area (Å²) in [5, 5.41) is 8.32. The van der Waals surface area contributed by atoms with Crippen LogP contribution in [0.25, 0.3) is 0 Å². The minimum atomic E-state index is 0.623. The van der Waals surface area contributed by atoms with Gasteiger partial charge >= 0.3 is 0 Å². The van der Waals surface area contributed by atoms with E-state index >= 15 is 0 Å². The van der Waals surface area contributed by atoms with Crippen LogP contribution in [0.5, 0.6) is 0 Å². The van der Waals surface area contributed by atoms with Crippen molar-refractivity contribution in [1.82, 2.24) is 15.1 Å². The van der Waals surface area contributed by atoms with Crippen molar-refractivity contribution < 1.29 is 0 Å². The van der Waals surface area contributed by atoms with E-state index in [-0.39, 0.29) is 0 Å². The van der Waals surface area contributed by atoms with Crippen LogP contribution < -0.4 is 5.32 Å². The molecule has 1 saturated carbocycles. The molecule has 1 atom stereocenters. The second-order valence-corrected chi connectivity index (χ2v) is 5.88. The highest BCUT2D eigenvalue weighted by molar-refractivity contribution is 9.10. The third kappa shape index (κ3) is 2.97. The lowest BCUT2D eigenvalue weighted by Gasteiger charge is -2.18. The molecule has 4 heteroatoms. The fraction of sp³-hybridized carbons (Fsp3) is 0.786. The second-order valence-electron chi connectivity index (χ2n) is 5.08. The number of nitrogens with one attached hydrogen (secondary N) is 1. The maximum atomic E-state index is 4.68. The zero-order chi connectivity index (χ0) is 13.1. The fourth-order valence-corrected chi connectivity index (χ4v) is 3.31. The highest BCUT2D eigenvalue weighted by atomic mass is 79.9. The number of likely N-dealkylation sites (N-methyl/N-ethyl adjacent to an activating group) is 1. The quantitative estimate of drug-likeness (QED) is 0.838. The molecule has 1 aliphatic rings. The molecule has 0 saturated heterocycles. The molecule has 1 aromatic heterocycles. The van der Waals surface area contributed by atoms with Gasteiger partial charge in [-0.25, -0.2) is 0 Å². The van der Waals surface area contributed by atoms with E-state index in [1.165, 1.54) is 28.7 Å². The topological polar surface area (TPSA) is 29.9 Å². The fourth-order valence-electron chi connectivity index (χ4n) is 2.59. The SMILES string of the molecule is CCNC(Cc1c(Br)c(CC)nn1CC)C1CC1. The molecule has 0 amide bonds. The normalized spacial score (nSPS) is 17.1. The summed E-state index contributed by atoms with van der Waals surface area (Å²) in [5.41, 5.74) is 2.56. The van der Waals surface area contributed by atoms with Crippen molar-refractivity contribution >= 4 is 15.9 Å². The zero-order valence-electron chi connectivity index (χ0n) is 11.7. The van der Waals surface area contributed by atoms with Crippen molar-refractivity contribution in [2.24, 2.45) is 5.92 Å². The van der Waals surface area contributed by atoms with E-state index < -0.39 is 0 Å². The summed E-state index contributed by atoms with van der Waals surface area (Å²) in [7, 11) is 0. The minimum absolute atomic E-state index is 0.623. The van der Waals surface area contributed by atoms with Gasteiger partial charge in [-0.15, -0.1) is 0 Å². The zero-order valence-corrected chi connectivity index (χ0v) is 13.3. The molecule has 1 heterocycles. The van der Waals surface area contributed by atoms with Crippen LogP contribution in [0.4, 0.5) is 0 Å². The van der Waals surface area contributed by atoms with Crippen LogP contribution in [0.3, 0.4) is 0 Å². The smallest absolute Gasteiger partial charge is 0.0766 e. The Morgan fingerprint density at radius 1 is 1.39 bits per heavy atom. The Labute approximate surface area is 118 Å². The Bertz CT molecular complexity index is 396. The van der Waals surface area contributed by atoms with Crippen molar-refractivity contribution in [2.75, 3.05) is 6.54 Å². The van der Waals surface area contributed by atoms with Gasteiger partial charge in [-0.3, -0.25) is 4.68 Å². The lowest BCUT2D eigenvalue weighted by molar-refractivity contribution is 0.454. The first kappa shape index (κ1) is 14.1. The Morgan fingerprint density at radius 3 is 2.61 bits per heavy atom. The highest BCUT2D eigenvalue weighted by Gasteiger charge is 2.32. The Kier molecular flexibility index (Phi) is 4.84. The molecule has 0 aromatic carbocycles. The van der Waals surface area contributed by atoms with Gasteiger partial charge in [0.15, 0.2) is 0 Å². The summed E-state index contributed by atoms with van der Waals surface area (Å²) in [6.07, 6.45) is 4.86. The maximum absolute atomic E-state index is 4.68. The summed E-state index contributed by atoms with van der Waals surface area (Å²) in [6, 6.07) is 0.623. The molecule has 0 spiro atoms. The Hall–Kier alpha value is -0.350. The molecule has 1 unspecified atom stereocenters. The Morgan fingerprint density at radius 2 is 2.11 bits per heavy atom. The van der Waals surface area contributed by atoms with E-state index in [1.54, 1.807) is 0 Å². The van der Waals surface area contributed by atoms with Crippen molar-refractivity contribution in [3.05, 3.63) is 15.9 Å². The molecular formula is C14H24BrN3. The molecule has 1 N–H and O–H groups in total. The highest BCUT2D eigenvalue weighted by Crippen LogP contribution is 2.35. The van der Waals surface area contributed by atoms with Gasteiger partial charge in [0.1, 0.15) is 0 Å². The minimum Gasteiger partial charge on any atom is -0.314 e. The van der Waals surface area contributed by atoms with E-state index in [0.717, 1.165) is 31.8 Å². The summed E-state index contributed by atoms with van der Waals surface area (Å²) >= 11 is 3.74. The monoisotopic (exact) mass is 313 g/mol. The summed E-state index contributed by atoms with van der Waals surface area (Å²) < 4.78 is 3.39. The summed E-state index contributed by atoms with van der Waals surface area (Å²) in [6.45, 7) is 8.54. The van der Waals surface area contributed by atoms with Gasteiger partial charge in [0.2, 0.25) is 0 Å². The predicted molar refractivity (Wildman–Crippen MR) is 78.9 cm³/mol. The van der Waals surface area contributed by atoms with Crippen LogP contribution in [-0.2, 0) is 19.4 Å². The maximum Gasteiger partial charge on any atom is 0.0766 e. The van der Waals surface area contributed by atoms with Crippen LogP contribution in [0.15, 0.2) is 4.47 Å². The van der Waals surface area contributed by atoms with Crippen LogP contribution in [0, 0.1) is 5.92 Å². The molecule has 3 nitrogen and oxygen atoms in total. The number of nitrogens with zero attached hydrogens (tertiary/aromatic N) is 2. The Balaban J connectivity index is 2.17. The third-order valence-corrected chi connectivity index (χ3v) is 4.68. The van der Waals surface area contributed by atoms with Gasteiger partial charge in [-0.05, 0) is 54.6 Å². The van der Waals surface area contributed by atoms with Crippen molar-refractivity contribution in [2.45, 2.75) is 59.0 Å². The van der Waals surface area contributed by atoms with Crippen molar-refractivity contribution in [3.63, 3.8) is 0 Å². The van der Waals surface area contributed by atoms with Crippen molar-refractivity contribution in [3.8, 4) is 0 Å². The van der Waals surface area contributed by atoms with Gasteiger partial charge in [0.25, 0.3) is 0 Å². The lowest BCUT2D eigenvalue weighted by atomic mass is 10.1. The number of aromatic nitrogens is 2. The summed E-state index contributed by atoms with van der Waals surface area (Å²) in [5.74, 6) is 0.877. The number of rotatable bonds is 7. The van der Waals surface area contributed by atoms with E-state index in [4.69, 9.17) is 0 Å². The van der Waals surface area contributed by atoms with Crippen LogP contribution in [-0.4, -0.2) is 22.4 Å². The first-order valence-electron chi connectivity index (χ1n) is 7.18. The second kappa shape index (κ2) is 6.20. The average molecular weight is 314 g/mol. The largest absolute Gasteiger partial charge is 0.314 e. The van der Waals surface area contributed by atoms with Gasteiger partial charge < -0.3 is 5.32 Å². The lowest BCUT2D eigenvalue weighted by Crippen LogP contribution is -2.33. The van der Waals surface area contributed by atoms with Crippen LogP contribution >= 0.6 is 15.9 Å². The molecule has 18 heavy (non-hydrogen) atoms. The average Bonchev–Trinajstić information content (AvgIpc) is 3.16. The predicted octanol–water partition coefficient (Wildman–Crippen LogP) is 3.16. The van der Waals surface area contributed by atoms with Gasteiger partial charge in [-0.2, -0.15) is 5.10 Å². The van der Waals surface area contributed by atoms with Gasteiger partial charge in [0, 0.05) is 19.0 Å². The van der Waals surface area contributed by atoms with Crippen LogP contribution in [0.1, 0.15) is 45.0 Å². The third-order valence-electron chi connectivity index (χ3n) is 3.76. The molecule has 0 aliphatic heterocycles. The van der Waals surface area contributed by atoms with Crippen molar-refractivity contribution in [1.29, 1.82) is 0 Å². The molecule has 1 fully saturated rings. The van der Waals surface area contributed by atoms with Gasteiger partial charge in [-0.1, -0.05) is 13.8 Å². The molecule has 1 aromatic rings. The van der Waals surface area contributed by atoms with Gasteiger partial charge in [0.05, 0.1) is 15.9 Å². The number of aryl methyl sites for hydroxylation is 2. The van der Waals surface area contributed by atoms with E-state index in [0.29, 0.717) is 6.04 Å². The number of halogens is 1. The van der Waals surface area contributed by atoms with E-state index in [2.05, 4.69) is 51.8 Å². The van der Waals surface area contributed by atoms with Crippen LogP contribution in [0.2, 0.25) is 0 Å². The molecule has 0 radical (unpaired) electrons.